The van der Waals surface area contributed by atoms with Crippen molar-refractivity contribution in [2.75, 3.05) is 26.3 Å². The zero-order valence-corrected chi connectivity index (χ0v) is 8.21. The monoisotopic (exact) mass is 215 g/mol. The number of hydrogen-bond acceptors (Lipinski definition) is 4. The minimum atomic E-state index is 0.237. The van der Waals surface area contributed by atoms with Crippen molar-refractivity contribution in [3.05, 3.63) is 10.8 Å². The summed E-state index contributed by atoms with van der Waals surface area (Å²) in [6.07, 6.45) is 0. The summed E-state index contributed by atoms with van der Waals surface area (Å²) in [6, 6.07) is 0. The van der Waals surface area contributed by atoms with Crippen LogP contribution >= 0.6 is 11.6 Å². The minimum absolute atomic E-state index is 0.237. The maximum Gasteiger partial charge on any atom is 0.182 e. The van der Waals surface area contributed by atoms with Crippen molar-refractivity contribution in [2.45, 2.75) is 0 Å². The van der Waals surface area contributed by atoms with E-state index in [1.807, 2.05) is 4.90 Å². The Bertz CT molecular complexity index is 333. The van der Waals surface area contributed by atoms with Gasteiger partial charge in [0.1, 0.15) is 0 Å². The Hall–Kier alpha value is -1.14. The molecule has 0 amide bonds. The molecule has 1 aromatic heterocycles. The minimum Gasteiger partial charge on any atom is -0.378 e. The molecule has 0 aromatic carbocycles. The van der Waals surface area contributed by atoms with Gasteiger partial charge in [0.2, 0.25) is 0 Å². The van der Waals surface area contributed by atoms with Crippen molar-refractivity contribution in [1.29, 1.82) is 5.41 Å². The average molecular weight is 216 g/mol. The third-order valence-electron chi connectivity index (χ3n) is 2.06. The van der Waals surface area contributed by atoms with Crippen LogP contribution in [0.4, 0.5) is 0 Å². The van der Waals surface area contributed by atoms with Gasteiger partial charge in [-0.2, -0.15) is 10.3 Å². The highest BCUT2D eigenvalue weighted by Gasteiger charge is 2.19. The van der Waals surface area contributed by atoms with Gasteiger partial charge in [-0.3, -0.25) is 5.41 Å². The highest BCUT2D eigenvalue weighted by Crippen LogP contribution is 2.11. The maximum atomic E-state index is 7.85. The smallest absolute Gasteiger partial charge is 0.182 e. The fourth-order valence-corrected chi connectivity index (χ4v) is 1.47. The number of hydrogen-bond donors (Lipinski definition) is 2. The van der Waals surface area contributed by atoms with Gasteiger partial charge in [-0.15, -0.1) is 5.10 Å². The van der Waals surface area contributed by atoms with E-state index in [0.29, 0.717) is 37.8 Å². The third-order valence-corrected chi connectivity index (χ3v) is 2.32. The lowest BCUT2D eigenvalue weighted by atomic mass is 10.3. The predicted octanol–water partition coefficient (Wildman–Crippen LogP) is 0.116. The summed E-state index contributed by atoms with van der Waals surface area (Å²) in [5.41, 5.74) is 0.397. The second-order valence-corrected chi connectivity index (χ2v) is 3.27. The molecule has 7 heteroatoms. The molecule has 0 saturated carbocycles. The molecule has 1 aromatic rings. The van der Waals surface area contributed by atoms with Gasteiger partial charge in [-0.05, 0) is 0 Å². The first-order valence-corrected chi connectivity index (χ1v) is 4.64. The lowest BCUT2D eigenvalue weighted by Crippen LogP contribution is -2.41. The van der Waals surface area contributed by atoms with Crippen LogP contribution in [0.5, 0.6) is 0 Å². The molecular weight excluding hydrogens is 206 g/mol. The largest absolute Gasteiger partial charge is 0.378 e. The molecule has 1 fully saturated rings. The van der Waals surface area contributed by atoms with Crippen LogP contribution < -0.4 is 0 Å². The summed E-state index contributed by atoms with van der Waals surface area (Å²) in [7, 11) is 0. The number of H-pyrrole nitrogens is 1. The Morgan fingerprint density at radius 1 is 1.43 bits per heavy atom. The van der Waals surface area contributed by atoms with E-state index < -0.39 is 0 Å². The number of halogens is 1. The summed E-state index contributed by atoms with van der Waals surface area (Å²) < 4.78 is 5.18. The van der Waals surface area contributed by atoms with Crippen molar-refractivity contribution in [2.24, 2.45) is 0 Å². The SMILES string of the molecule is N=C(c1n[nH]nc1Cl)N1CCOCC1. The van der Waals surface area contributed by atoms with Crippen molar-refractivity contribution in [3.8, 4) is 0 Å². The van der Waals surface area contributed by atoms with Gasteiger partial charge in [-0.25, -0.2) is 0 Å². The molecule has 6 nitrogen and oxygen atoms in total. The molecule has 0 unspecified atom stereocenters. The van der Waals surface area contributed by atoms with Crippen LogP contribution in [0.15, 0.2) is 0 Å². The van der Waals surface area contributed by atoms with Crippen LogP contribution in [0, 0.1) is 5.41 Å². The molecule has 0 radical (unpaired) electrons. The Morgan fingerprint density at radius 2 is 2.14 bits per heavy atom. The van der Waals surface area contributed by atoms with Crippen molar-refractivity contribution < 1.29 is 4.74 Å². The molecule has 1 saturated heterocycles. The van der Waals surface area contributed by atoms with E-state index in [4.69, 9.17) is 21.7 Å². The van der Waals surface area contributed by atoms with Crippen LogP contribution in [0.1, 0.15) is 5.69 Å². The fraction of sp³-hybridized carbons (Fsp3) is 0.571. The van der Waals surface area contributed by atoms with E-state index in [0.717, 1.165) is 0 Å². The van der Waals surface area contributed by atoms with E-state index in [1.54, 1.807) is 0 Å². The van der Waals surface area contributed by atoms with Crippen LogP contribution in [0.3, 0.4) is 0 Å². The number of amidine groups is 1. The Balaban J connectivity index is 2.11. The van der Waals surface area contributed by atoms with E-state index >= 15 is 0 Å². The molecule has 1 aliphatic rings. The highest BCUT2D eigenvalue weighted by molar-refractivity contribution is 6.32. The van der Waals surface area contributed by atoms with Crippen LogP contribution in [0.25, 0.3) is 0 Å². The number of nitrogens with one attached hydrogen (secondary N) is 2. The molecule has 2 rings (SSSR count). The first-order chi connectivity index (χ1) is 6.79. The van der Waals surface area contributed by atoms with Crippen LogP contribution in [-0.2, 0) is 4.74 Å². The predicted molar refractivity (Wildman–Crippen MR) is 50.6 cm³/mol. The molecule has 0 spiro atoms. The third kappa shape index (κ3) is 1.71. The van der Waals surface area contributed by atoms with Crippen molar-refractivity contribution >= 4 is 17.4 Å². The van der Waals surface area contributed by atoms with Gasteiger partial charge in [0, 0.05) is 13.1 Å². The fourth-order valence-electron chi connectivity index (χ4n) is 1.31. The number of ether oxygens (including phenoxy) is 1. The second kappa shape index (κ2) is 3.93. The van der Waals surface area contributed by atoms with Gasteiger partial charge >= 0.3 is 0 Å². The molecule has 76 valence electrons. The average Bonchev–Trinajstić information content (AvgIpc) is 2.65. The van der Waals surface area contributed by atoms with Gasteiger partial charge in [0.25, 0.3) is 0 Å². The summed E-state index contributed by atoms with van der Waals surface area (Å²) in [5, 5.41) is 17.9. The molecule has 2 N–H and O–H groups in total. The lowest BCUT2D eigenvalue weighted by Gasteiger charge is -2.27. The van der Waals surface area contributed by atoms with Crippen molar-refractivity contribution in [3.63, 3.8) is 0 Å². The highest BCUT2D eigenvalue weighted by atomic mass is 35.5. The lowest BCUT2D eigenvalue weighted by molar-refractivity contribution is 0.0679. The Morgan fingerprint density at radius 3 is 2.71 bits per heavy atom. The maximum absolute atomic E-state index is 7.85. The first-order valence-electron chi connectivity index (χ1n) is 4.27. The normalized spacial score (nSPS) is 17.1. The van der Waals surface area contributed by atoms with Gasteiger partial charge in [-0.1, -0.05) is 11.6 Å². The first kappa shape index (κ1) is 9.42. The number of rotatable bonds is 1. The van der Waals surface area contributed by atoms with Gasteiger partial charge in [0.05, 0.1) is 13.2 Å². The van der Waals surface area contributed by atoms with Crippen molar-refractivity contribution in [1.82, 2.24) is 20.3 Å². The van der Waals surface area contributed by atoms with Crippen LogP contribution in [-0.4, -0.2) is 52.4 Å². The molecular formula is C7H10ClN5O. The molecule has 2 heterocycles. The molecule has 14 heavy (non-hydrogen) atoms. The van der Waals surface area contributed by atoms with E-state index in [9.17, 15) is 0 Å². The summed E-state index contributed by atoms with van der Waals surface area (Å²) >= 11 is 5.75. The number of nitrogens with zero attached hydrogens (tertiary/aromatic N) is 3. The molecule has 0 aliphatic carbocycles. The Kier molecular flexibility index (Phi) is 2.64. The Labute approximate surface area is 85.7 Å². The quantitative estimate of drug-likeness (QED) is 0.515. The number of morpholine rings is 1. The van der Waals surface area contributed by atoms with E-state index in [-0.39, 0.29) is 5.15 Å². The zero-order chi connectivity index (χ0) is 9.97. The standard InChI is InChI=1S/C7H10ClN5O/c8-6-5(10-12-11-6)7(9)13-1-3-14-4-2-13/h9H,1-4H2,(H,10,11,12). The second-order valence-electron chi connectivity index (χ2n) is 2.91. The molecule has 0 atom stereocenters. The van der Waals surface area contributed by atoms with Gasteiger partial charge < -0.3 is 9.64 Å². The molecule has 0 bridgehead atoms. The number of aromatic amines is 1. The summed E-state index contributed by atoms with van der Waals surface area (Å²) in [5.74, 6) is 0.298. The van der Waals surface area contributed by atoms with Crippen LogP contribution in [0.2, 0.25) is 5.15 Å². The summed E-state index contributed by atoms with van der Waals surface area (Å²) in [4.78, 5) is 1.87. The van der Waals surface area contributed by atoms with E-state index in [2.05, 4.69) is 15.4 Å². The van der Waals surface area contributed by atoms with Gasteiger partial charge in [0.15, 0.2) is 16.7 Å². The topological polar surface area (TPSA) is 77.9 Å². The molecule has 1 aliphatic heterocycles. The zero-order valence-electron chi connectivity index (χ0n) is 7.46. The number of aromatic nitrogens is 3. The summed E-state index contributed by atoms with van der Waals surface area (Å²) in [6.45, 7) is 2.67. The van der Waals surface area contributed by atoms with E-state index in [1.165, 1.54) is 0 Å².